The molecule has 1 atom stereocenters. The number of rotatable bonds is 3. The Bertz CT molecular complexity index is 1090. The van der Waals surface area contributed by atoms with Gasteiger partial charge < -0.3 is 19.4 Å². The first-order valence-electron chi connectivity index (χ1n) is 10.7. The quantitative estimate of drug-likeness (QED) is 0.618. The Kier molecular flexibility index (Phi) is 5.65. The highest BCUT2D eigenvalue weighted by Crippen LogP contribution is 2.39. The fraction of sp³-hybridized carbons (Fsp3) is 0.375. The predicted molar refractivity (Wildman–Crippen MR) is 123 cm³/mol. The maximum absolute atomic E-state index is 14.2. The maximum Gasteiger partial charge on any atom is 0.264 e. The second-order valence-electron chi connectivity index (χ2n) is 8.19. The molecule has 3 heterocycles. The van der Waals surface area contributed by atoms with Crippen molar-refractivity contribution in [2.45, 2.75) is 6.10 Å². The monoisotopic (exact) mass is 439 g/mol. The Morgan fingerprint density at radius 2 is 1.77 bits per heavy atom. The number of fused-ring (bicyclic) bond motifs is 1. The highest BCUT2D eigenvalue weighted by Gasteiger charge is 2.32. The van der Waals surface area contributed by atoms with Crippen molar-refractivity contribution in [2.75, 3.05) is 57.8 Å². The zero-order valence-corrected chi connectivity index (χ0v) is 18.4. The van der Waals surface area contributed by atoms with E-state index < -0.39 is 0 Å². The zero-order chi connectivity index (χ0) is 21.4. The van der Waals surface area contributed by atoms with Crippen molar-refractivity contribution < 1.29 is 13.9 Å². The summed E-state index contributed by atoms with van der Waals surface area (Å²) in [6.45, 7) is 4.74. The van der Waals surface area contributed by atoms with E-state index in [0.29, 0.717) is 38.5 Å². The van der Waals surface area contributed by atoms with E-state index in [9.17, 15) is 9.18 Å². The molecule has 5 nitrogen and oxygen atoms in total. The number of carbonyl (C=O) groups excluding carboxylic acids is 1. The Morgan fingerprint density at radius 1 is 1.03 bits per heavy atom. The van der Waals surface area contributed by atoms with Crippen LogP contribution in [0.4, 0.5) is 10.1 Å². The van der Waals surface area contributed by atoms with E-state index in [1.54, 1.807) is 23.5 Å². The van der Waals surface area contributed by atoms with Gasteiger partial charge in [-0.2, -0.15) is 0 Å². The number of para-hydroxylation sites is 1. The molecule has 0 saturated carbocycles. The third-order valence-electron chi connectivity index (χ3n) is 6.18. The Morgan fingerprint density at radius 3 is 2.55 bits per heavy atom. The van der Waals surface area contributed by atoms with Crippen LogP contribution in [0.25, 0.3) is 10.1 Å². The highest BCUT2D eigenvalue weighted by molar-refractivity contribution is 7.21. The Hall–Kier alpha value is -2.48. The minimum absolute atomic E-state index is 0.0567. The van der Waals surface area contributed by atoms with Crippen LogP contribution in [-0.4, -0.2) is 68.6 Å². The normalized spacial score (nSPS) is 20.4. The molecule has 31 heavy (non-hydrogen) atoms. The number of anilines is 1. The van der Waals surface area contributed by atoms with Crippen LogP contribution in [0.3, 0.4) is 0 Å². The number of ether oxygens (including phenoxy) is 1. The molecule has 0 N–H and O–H groups in total. The van der Waals surface area contributed by atoms with Gasteiger partial charge in [0.1, 0.15) is 5.82 Å². The summed E-state index contributed by atoms with van der Waals surface area (Å²) in [5, 5.41) is 1.11. The lowest BCUT2D eigenvalue weighted by atomic mass is 10.0. The SMILES string of the molecule is CN1CCO[C@@H](c2c(C(=O)N3CCN(c4ccccc4F)CC3)sc3ccccc23)C1. The smallest absolute Gasteiger partial charge is 0.264 e. The number of benzene rings is 2. The summed E-state index contributed by atoms with van der Waals surface area (Å²) in [4.78, 5) is 20.5. The molecule has 2 aliphatic heterocycles. The van der Waals surface area contributed by atoms with Crippen LogP contribution in [0, 0.1) is 5.82 Å². The van der Waals surface area contributed by atoms with Crippen molar-refractivity contribution in [3.8, 4) is 0 Å². The van der Waals surface area contributed by atoms with Crippen molar-refractivity contribution in [1.29, 1.82) is 0 Å². The van der Waals surface area contributed by atoms with Crippen LogP contribution in [0.2, 0.25) is 0 Å². The van der Waals surface area contributed by atoms with Gasteiger partial charge >= 0.3 is 0 Å². The fourth-order valence-electron chi connectivity index (χ4n) is 4.50. The average Bonchev–Trinajstić information content (AvgIpc) is 3.19. The van der Waals surface area contributed by atoms with E-state index in [2.05, 4.69) is 24.1 Å². The maximum atomic E-state index is 14.2. The number of piperazine rings is 1. The van der Waals surface area contributed by atoms with Gasteiger partial charge in [-0.05, 0) is 30.6 Å². The molecule has 2 fully saturated rings. The Labute approximate surface area is 185 Å². The first-order chi connectivity index (χ1) is 15.1. The molecule has 2 aliphatic rings. The van der Waals surface area contributed by atoms with Gasteiger partial charge in [0.15, 0.2) is 0 Å². The topological polar surface area (TPSA) is 36.0 Å². The summed E-state index contributed by atoms with van der Waals surface area (Å²) in [6, 6.07) is 15.0. The molecule has 7 heteroatoms. The number of nitrogens with zero attached hydrogens (tertiary/aromatic N) is 3. The first-order valence-corrected chi connectivity index (χ1v) is 11.5. The molecule has 0 unspecified atom stereocenters. The molecule has 3 aromatic rings. The van der Waals surface area contributed by atoms with Crippen molar-refractivity contribution in [3.05, 3.63) is 64.8 Å². The first kappa shape index (κ1) is 20.4. The number of amides is 1. The number of thiophene rings is 1. The summed E-state index contributed by atoms with van der Waals surface area (Å²) in [5.74, 6) is -0.158. The van der Waals surface area contributed by atoms with Crippen molar-refractivity contribution >= 4 is 33.0 Å². The molecule has 162 valence electrons. The van der Waals surface area contributed by atoms with Gasteiger partial charge in [0.25, 0.3) is 5.91 Å². The van der Waals surface area contributed by atoms with Gasteiger partial charge in [-0.3, -0.25) is 4.79 Å². The van der Waals surface area contributed by atoms with Gasteiger partial charge in [-0.1, -0.05) is 30.3 Å². The van der Waals surface area contributed by atoms with Gasteiger partial charge in [-0.15, -0.1) is 11.3 Å². The summed E-state index contributed by atoms with van der Waals surface area (Å²) in [5.41, 5.74) is 1.63. The third-order valence-corrected chi connectivity index (χ3v) is 7.35. The summed E-state index contributed by atoms with van der Waals surface area (Å²) >= 11 is 1.56. The highest BCUT2D eigenvalue weighted by atomic mass is 32.1. The van der Waals surface area contributed by atoms with Crippen LogP contribution >= 0.6 is 11.3 Å². The lowest BCUT2D eigenvalue weighted by Crippen LogP contribution is -2.49. The molecule has 1 amide bonds. The number of morpholine rings is 1. The number of hydrogen-bond donors (Lipinski definition) is 0. The van der Waals surface area contributed by atoms with E-state index in [0.717, 1.165) is 33.6 Å². The van der Waals surface area contributed by atoms with Crippen molar-refractivity contribution in [3.63, 3.8) is 0 Å². The molecule has 1 aromatic heterocycles. The number of halogens is 1. The van der Waals surface area contributed by atoms with Gasteiger partial charge in [-0.25, -0.2) is 4.39 Å². The van der Waals surface area contributed by atoms with E-state index >= 15 is 0 Å². The molecule has 0 radical (unpaired) electrons. The standard InChI is InChI=1S/C24H26FN3O2S/c1-26-14-15-30-20(16-26)22-17-6-2-5-9-21(17)31-23(22)24(29)28-12-10-27(11-13-28)19-8-4-3-7-18(19)25/h2-9,20H,10-16H2,1H3/t20-/m1/s1. The van der Waals surface area contributed by atoms with Crippen molar-refractivity contribution in [1.82, 2.24) is 9.80 Å². The summed E-state index contributed by atoms with van der Waals surface area (Å²) in [7, 11) is 2.09. The molecular formula is C24H26FN3O2S. The lowest BCUT2D eigenvalue weighted by molar-refractivity contribution is -0.0204. The number of likely N-dealkylation sites (N-methyl/N-ethyl adjacent to an activating group) is 1. The largest absolute Gasteiger partial charge is 0.371 e. The van der Waals surface area contributed by atoms with E-state index in [1.165, 1.54) is 6.07 Å². The Balaban J connectivity index is 1.40. The van der Waals surface area contributed by atoms with E-state index in [-0.39, 0.29) is 17.8 Å². The number of carbonyl (C=O) groups is 1. The van der Waals surface area contributed by atoms with Crippen LogP contribution in [0.1, 0.15) is 21.3 Å². The predicted octanol–water partition coefficient (Wildman–Crippen LogP) is 4.01. The van der Waals surface area contributed by atoms with Crippen LogP contribution in [0.5, 0.6) is 0 Å². The zero-order valence-electron chi connectivity index (χ0n) is 17.6. The van der Waals surface area contributed by atoms with E-state index in [4.69, 9.17) is 4.74 Å². The molecular weight excluding hydrogens is 413 g/mol. The summed E-state index contributed by atoms with van der Waals surface area (Å²) in [6.07, 6.45) is -0.103. The molecule has 0 spiro atoms. The van der Waals surface area contributed by atoms with Gasteiger partial charge in [0, 0.05) is 49.5 Å². The second kappa shape index (κ2) is 8.57. The second-order valence-corrected chi connectivity index (χ2v) is 9.25. The van der Waals surface area contributed by atoms with E-state index in [1.807, 2.05) is 28.0 Å². The van der Waals surface area contributed by atoms with Crippen LogP contribution in [-0.2, 0) is 4.74 Å². The summed E-state index contributed by atoms with van der Waals surface area (Å²) < 4.78 is 21.4. The minimum atomic E-state index is -0.215. The number of hydrogen-bond acceptors (Lipinski definition) is 5. The van der Waals surface area contributed by atoms with Crippen LogP contribution in [0.15, 0.2) is 48.5 Å². The van der Waals surface area contributed by atoms with Crippen LogP contribution < -0.4 is 4.90 Å². The van der Waals surface area contributed by atoms with Gasteiger partial charge in [0.2, 0.25) is 0 Å². The van der Waals surface area contributed by atoms with Crippen molar-refractivity contribution in [2.24, 2.45) is 0 Å². The third kappa shape index (κ3) is 3.93. The lowest BCUT2D eigenvalue weighted by Gasteiger charge is -2.36. The molecule has 0 aliphatic carbocycles. The molecule has 2 aromatic carbocycles. The minimum Gasteiger partial charge on any atom is -0.371 e. The molecule has 5 rings (SSSR count). The fourth-order valence-corrected chi connectivity index (χ4v) is 5.72. The molecule has 0 bridgehead atoms. The average molecular weight is 440 g/mol. The molecule has 2 saturated heterocycles. The van der Waals surface area contributed by atoms with Gasteiger partial charge in [0.05, 0.1) is 23.3 Å².